The van der Waals surface area contributed by atoms with Gasteiger partial charge >= 0.3 is 0 Å². The molecule has 1 aliphatic heterocycles. The van der Waals surface area contributed by atoms with Gasteiger partial charge in [-0.15, -0.1) is 0 Å². The molecule has 0 bridgehead atoms. The van der Waals surface area contributed by atoms with Crippen molar-refractivity contribution >= 4 is 21.6 Å². The fourth-order valence-electron chi connectivity index (χ4n) is 2.52. The molecule has 6 heteroatoms. The van der Waals surface area contributed by atoms with Crippen molar-refractivity contribution in [2.75, 3.05) is 13.1 Å². The molecule has 1 aliphatic rings. The largest absolute Gasteiger partial charge is 0.327 e. The van der Waals surface area contributed by atoms with E-state index in [1.54, 1.807) is 12.1 Å². The maximum absolute atomic E-state index is 12.7. The molecule has 1 aromatic carbocycles. The first-order chi connectivity index (χ1) is 9.45. The van der Waals surface area contributed by atoms with Gasteiger partial charge in [-0.05, 0) is 37.0 Å². The molecule has 20 heavy (non-hydrogen) atoms. The number of nitrogens with two attached hydrogens (primary N) is 1. The Hall–Kier alpha value is -0.620. The molecule has 0 saturated carbocycles. The maximum Gasteiger partial charge on any atom is 0.244 e. The Morgan fingerprint density at radius 2 is 2.20 bits per heavy atom. The highest BCUT2D eigenvalue weighted by Crippen LogP contribution is 2.28. The van der Waals surface area contributed by atoms with E-state index in [1.165, 1.54) is 4.31 Å². The fourth-order valence-corrected chi connectivity index (χ4v) is 4.58. The summed E-state index contributed by atoms with van der Waals surface area (Å²) in [5, 5.41) is 0.281. The normalized spacial score (nSPS) is 21.1. The minimum Gasteiger partial charge on any atom is -0.327 e. The monoisotopic (exact) mass is 316 g/mol. The lowest BCUT2D eigenvalue weighted by Gasteiger charge is -2.30. The molecule has 0 radical (unpaired) electrons. The molecule has 4 nitrogen and oxygen atoms in total. The third-order valence-corrected chi connectivity index (χ3v) is 5.92. The van der Waals surface area contributed by atoms with E-state index in [4.69, 9.17) is 17.3 Å². The molecule has 0 aromatic heterocycles. The molecule has 112 valence electrons. The summed E-state index contributed by atoms with van der Waals surface area (Å²) in [5.41, 5.74) is 6.87. The molecule has 0 amide bonds. The second-order valence-corrected chi connectivity index (χ2v) is 7.59. The van der Waals surface area contributed by atoms with Crippen molar-refractivity contribution in [3.63, 3.8) is 0 Å². The first-order valence-electron chi connectivity index (χ1n) is 6.99. The summed E-state index contributed by atoms with van der Waals surface area (Å²) in [7, 11) is -3.55. The van der Waals surface area contributed by atoms with Gasteiger partial charge in [-0.3, -0.25) is 0 Å². The van der Waals surface area contributed by atoms with Gasteiger partial charge < -0.3 is 5.73 Å². The molecule has 0 aliphatic carbocycles. The minimum absolute atomic E-state index is 0.0869. The molecule has 1 atom stereocenters. The van der Waals surface area contributed by atoms with Crippen molar-refractivity contribution in [2.24, 2.45) is 5.73 Å². The Balaban J connectivity index is 2.35. The molecule has 0 spiro atoms. The highest BCUT2D eigenvalue weighted by molar-refractivity contribution is 7.89. The zero-order valence-electron chi connectivity index (χ0n) is 11.7. The van der Waals surface area contributed by atoms with Crippen LogP contribution in [-0.2, 0) is 16.4 Å². The first-order valence-corrected chi connectivity index (χ1v) is 8.81. The van der Waals surface area contributed by atoms with E-state index in [2.05, 4.69) is 6.92 Å². The predicted molar refractivity (Wildman–Crippen MR) is 81.4 cm³/mol. The van der Waals surface area contributed by atoms with Gasteiger partial charge in [0.1, 0.15) is 4.90 Å². The van der Waals surface area contributed by atoms with Crippen LogP contribution in [0.3, 0.4) is 0 Å². The van der Waals surface area contributed by atoms with Gasteiger partial charge in [0.25, 0.3) is 0 Å². The van der Waals surface area contributed by atoms with Crippen molar-refractivity contribution < 1.29 is 8.42 Å². The Morgan fingerprint density at radius 1 is 1.45 bits per heavy atom. The van der Waals surface area contributed by atoms with Gasteiger partial charge in [-0.25, -0.2) is 8.42 Å². The number of nitrogens with zero attached hydrogens (tertiary/aromatic N) is 1. The topological polar surface area (TPSA) is 63.4 Å². The van der Waals surface area contributed by atoms with Gasteiger partial charge in [0.2, 0.25) is 10.0 Å². The Bertz CT molecular complexity index is 575. The Morgan fingerprint density at radius 3 is 2.85 bits per heavy atom. The van der Waals surface area contributed by atoms with Crippen molar-refractivity contribution in [1.82, 2.24) is 4.31 Å². The Labute approximate surface area is 126 Å². The van der Waals surface area contributed by atoms with Crippen LogP contribution in [0.2, 0.25) is 5.02 Å². The highest BCUT2D eigenvalue weighted by Gasteiger charge is 2.30. The molecule has 2 rings (SSSR count). The number of sulfonamides is 1. The summed E-state index contributed by atoms with van der Waals surface area (Å²) in [6, 6.07) is 5.16. The van der Waals surface area contributed by atoms with Crippen LogP contribution >= 0.6 is 11.6 Å². The molecule has 1 aromatic rings. The van der Waals surface area contributed by atoms with E-state index >= 15 is 0 Å². The van der Waals surface area contributed by atoms with Gasteiger partial charge in [0.15, 0.2) is 0 Å². The number of benzene rings is 1. The van der Waals surface area contributed by atoms with Gasteiger partial charge in [0, 0.05) is 19.1 Å². The summed E-state index contributed by atoms with van der Waals surface area (Å²) in [6.45, 7) is 2.95. The van der Waals surface area contributed by atoms with Crippen LogP contribution in [0, 0.1) is 0 Å². The second-order valence-electron chi connectivity index (χ2n) is 5.28. The molecule has 1 fully saturated rings. The molecule has 1 heterocycles. The summed E-state index contributed by atoms with van der Waals surface area (Å²) in [4.78, 5) is 0.208. The fraction of sp³-hybridized carbons (Fsp3) is 0.571. The molecule has 2 N–H and O–H groups in total. The average Bonchev–Trinajstić information content (AvgIpc) is 2.41. The quantitative estimate of drug-likeness (QED) is 0.927. The molecule has 0 unspecified atom stereocenters. The lowest BCUT2D eigenvalue weighted by Crippen LogP contribution is -2.45. The number of halogens is 1. The van der Waals surface area contributed by atoms with Crippen LogP contribution in [0.5, 0.6) is 0 Å². The maximum atomic E-state index is 12.7. The van der Waals surface area contributed by atoms with Gasteiger partial charge in [-0.1, -0.05) is 31.0 Å². The van der Waals surface area contributed by atoms with E-state index in [0.29, 0.717) is 13.1 Å². The van der Waals surface area contributed by atoms with E-state index in [0.717, 1.165) is 31.2 Å². The number of piperidine rings is 1. The summed E-state index contributed by atoms with van der Waals surface area (Å²) in [6.07, 6.45) is 3.48. The van der Waals surface area contributed by atoms with Crippen molar-refractivity contribution in [3.05, 3.63) is 28.8 Å². The predicted octanol–water partition coefficient (Wildman–Crippen LogP) is 2.40. The average molecular weight is 317 g/mol. The number of hydrogen-bond donors (Lipinski definition) is 1. The number of rotatable bonds is 4. The van der Waals surface area contributed by atoms with Crippen LogP contribution in [-0.4, -0.2) is 31.9 Å². The van der Waals surface area contributed by atoms with Crippen molar-refractivity contribution in [2.45, 2.75) is 43.5 Å². The molecular weight excluding hydrogens is 296 g/mol. The standard InChI is InChI=1S/C14H21ClN2O2S/c1-2-4-11-6-7-13(15)14(9-11)20(18,19)17-8-3-5-12(16)10-17/h6-7,9,12H,2-5,8,10,16H2,1H3/t12-/m1/s1. The van der Waals surface area contributed by atoms with E-state index in [1.807, 2.05) is 6.07 Å². The third-order valence-electron chi connectivity index (χ3n) is 3.57. The van der Waals surface area contributed by atoms with E-state index in [-0.39, 0.29) is 16.0 Å². The van der Waals surface area contributed by atoms with Crippen molar-refractivity contribution in [1.29, 1.82) is 0 Å². The third kappa shape index (κ3) is 3.34. The van der Waals surface area contributed by atoms with E-state index < -0.39 is 10.0 Å². The zero-order valence-corrected chi connectivity index (χ0v) is 13.3. The molecular formula is C14H21ClN2O2S. The van der Waals surface area contributed by atoms with Crippen LogP contribution in [0.15, 0.2) is 23.1 Å². The SMILES string of the molecule is CCCc1ccc(Cl)c(S(=O)(=O)N2CCC[C@@H](N)C2)c1. The lowest BCUT2D eigenvalue weighted by atomic mass is 10.1. The minimum atomic E-state index is -3.55. The van der Waals surface area contributed by atoms with Crippen LogP contribution < -0.4 is 5.73 Å². The van der Waals surface area contributed by atoms with Gasteiger partial charge in [-0.2, -0.15) is 4.31 Å². The summed E-state index contributed by atoms with van der Waals surface area (Å²) >= 11 is 6.10. The zero-order chi connectivity index (χ0) is 14.8. The lowest BCUT2D eigenvalue weighted by molar-refractivity contribution is 0.316. The Kier molecular flexibility index (Phi) is 5.07. The van der Waals surface area contributed by atoms with Crippen LogP contribution in [0.25, 0.3) is 0 Å². The van der Waals surface area contributed by atoms with Crippen LogP contribution in [0.4, 0.5) is 0 Å². The van der Waals surface area contributed by atoms with Crippen LogP contribution in [0.1, 0.15) is 31.7 Å². The molecule has 1 saturated heterocycles. The van der Waals surface area contributed by atoms with Gasteiger partial charge in [0.05, 0.1) is 5.02 Å². The second kappa shape index (κ2) is 6.43. The van der Waals surface area contributed by atoms with Crippen molar-refractivity contribution in [3.8, 4) is 0 Å². The summed E-state index contributed by atoms with van der Waals surface area (Å²) in [5.74, 6) is 0. The highest BCUT2D eigenvalue weighted by atomic mass is 35.5. The van der Waals surface area contributed by atoms with E-state index in [9.17, 15) is 8.42 Å². The number of aryl methyl sites for hydroxylation is 1. The first kappa shape index (κ1) is 15.8. The summed E-state index contributed by atoms with van der Waals surface area (Å²) < 4.78 is 26.8. The number of hydrogen-bond acceptors (Lipinski definition) is 3. The smallest absolute Gasteiger partial charge is 0.244 e.